The number of halogens is 3. The van der Waals surface area contributed by atoms with Crippen molar-refractivity contribution in [3.63, 3.8) is 0 Å². The molecule has 0 spiro atoms. The van der Waals surface area contributed by atoms with Crippen LogP contribution in [0.2, 0.25) is 0 Å². The van der Waals surface area contributed by atoms with E-state index in [4.69, 9.17) is 14.9 Å². The average molecular weight is 537 g/mol. The highest BCUT2D eigenvalue weighted by molar-refractivity contribution is 5.93. The average Bonchev–Trinajstić information content (AvgIpc) is 3.41. The zero-order chi connectivity index (χ0) is 27.6. The molecule has 1 fully saturated rings. The zero-order valence-electron chi connectivity index (χ0n) is 20.7. The summed E-state index contributed by atoms with van der Waals surface area (Å²) in [6.07, 6.45) is 5.15. The van der Waals surface area contributed by atoms with Crippen LogP contribution in [0.25, 0.3) is 27.7 Å². The molecule has 5 aromatic rings. The van der Waals surface area contributed by atoms with E-state index in [2.05, 4.69) is 37.7 Å². The summed E-state index contributed by atoms with van der Waals surface area (Å²) in [5.74, 6) is -0.675. The standard InChI is InChI=1S/C24H22N8.C2HF3O2/c1-16-26-15-32(30-16)21-9-7-20(8-10-21)28-24-25-11-18-3-2-4-22(23(18)29-24)19-12-27-31(14-19)13-17-5-6-17;3-2(4,5)1(6)7/h2-4,7-12,14-15,17H,5-6,13H2,1H3,(H,25,28,29);(H,6,7). The van der Waals surface area contributed by atoms with Crippen molar-refractivity contribution in [1.29, 1.82) is 0 Å². The molecule has 0 amide bonds. The van der Waals surface area contributed by atoms with E-state index in [1.54, 1.807) is 11.0 Å². The van der Waals surface area contributed by atoms with Gasteiger partial charge in [-0.15, -0.1) is 0 Å². The molecule has 0 aliphatic heterocycles. The quantitative estimate of drug-likeness (QED) is 0.305. The summed E-state index contributed by atoms with van der Waals surface area (Å²) >= 11 is 0. The Morgan fingerprint density at radius 2 is 1.85 bits per heavy atom. The fourth-order valence-electron chi connectivity index (χ4n) is 3.81. The van der Waals surface area contributed by atoms with Gasteiger partial charge in [0, 0.05) is 41.1 Å². The lowest BCUT2D eigenvalue weighted by molar-refractivity contribution is -0.192. The van der Waals surface area contributed by atoms with Gasteiger partial charge in [-0.25, -0.2) is 24.4 Å². The third-order valence-electron chi connectivity index (χ3n) is 5.93. The number of para-hydroxylation sites is 1. The van der Waals surface area contributed by atoms with Crippen molar-refractivity contribution in [2.45, 2.75) is 32.5 Å². The molecule has 0 unspecified atom stereocenters. The largest absolute Gasteiger partial charge is 0.490 e. The molecule has 0 bridgehead atoms. The number of nitrogens with zero attached hydrogens (tertiary/aromatic N) is 7. The number of aryl methyl sites for hydroxylation is 1. The first-order valence-corrected chi connectivity index (χ1v) is 12.0. The van der Waals surface area contributed by atoms with Gasteiger partial charge in [-0.3, -0.25) is 4.68 Å². The highest BCUT2D eigenvalue weighted by Gasteiger charge is 2.38. The third kappa shape index (κ3) is 6.37. The lowest BCUT2D eigenvalue weighted by Crippen LogP contribution is -2.21. The first-order chi connectivity index (χ1) is 18.7. The minimum Gasteiger partial charge on any atom is -0.475 e. The van der Waals surface area contributed by atoms with Crippen molar-refractivity contribution in [2.24, 2.45) is 5.92 Å². The molecule has 0 radical (unpaired) electrons. The van der Waals surface area contributed by atoms with Gasteiger partial charge in [-0.1, -0.05) is 18.2 Å². The summed E-state index contributed by atoms with van der Waals surface area (Å²) in [4.78, 5) is 22.4. The van der Waals surface area contributed by atoms with Crippen molar-refractivity contribution in [3.8, 4) is 16.8 Å². The Bertz CT molecular complexity index is 1610. The number of alkyl halides is 3. The molecule has 39 heavy (non-hydrogen) atoms. The minimum absolute atomic E-state index is 0.555. The molecule has 200 valence electrons. The van der Waals surface area contributed by atoms with Crippen molar-refractivity contribution in [2.75, 3.05) is 5.32 Å². The molecule has 2 aromatic carbocycles. The van der Waals surface area contributed by atoms with Gasteiger partial charge in [0.2, 0.25) is 5.95 Å². The fourth-order valence-corrected chi connectivity index (χ4v) is 3.81. The Labute approximate surface area is 220 Å². The molecule has 0 atom stereocenters. The van der Waals surface area contributed by atoms with E-state index in [9.17, 15) is 13.2 Å². The van der Waals surface area contributed by atoms with Crippen molar-refractivity contribution in [3.05, 3.63) is 73.2 Å². The van der Waals surface area contributed by atoms with Gasteiger partial charge < -0.3 is 10.4 Å². The molecular formula is C26H23F3N8O2. The van der Waals surface area contributed by atoms with Crippen LogP contribution in [0.3, 0.4) is 0 Å². The number of hydrogen-bond donors (Lipinski definition) is 2. The maximum Gasteiger partial charge on any atom is 0.490 e. The molecule has 6 rings (SSSR count). The maximum atomic E-state index is 10.6. The van der Waals surface area contributed by atoms with Crippen LogP contribution in [0.1, 0.15) is 18.7 Å². The summed E-state index contributed by atoms with van der Waals surface area (Å²) in [7, 11) is 0. The zero-order valence-corrected chi connectivity index (χ0v) is 20.7. The van der Waals surface area contributed by atoms with E-state index in [0.29, 0.717) is 5.95 Å². The number of carboxylic acids is 1. The Balaban J connectivity index is 0.000000392. The van der Waals surface area contributed by atoms with Crippen LogP contribution >= 0.6 is 0 Å². The van der Waals surface area contributed by atoms with Gasteiger partial charge in [-0.05, 0) is 49.9 Å². The molecule has 1 saturated carbocycles. The fraction of sp³-hybridized carbons (Fsp3) is 0.231. The van der Waals surface area contributed by atoms with E-state index in [1.807, 2.05) is 60.4 Å². The van der Waals surface area contributed by atoms with Crippen LogP contribution in [0.5, 0.6) is 0 Å². The van der Waals surface area contributed by atoms with Gasteiger partial charge in [0.1, 0.15) is 12.2 Å². The SMILES string of the molecule is Cc1ncn(-c2ccc(Nc3ncc4cccc(-c5cnn(CC6CC6)c5)c4n3)cc2)n1.O=C(O)C(F)(F)F. The van der Waals surface area contributed by atoms with Gasteiger partial charge >= 0.3 is 12.1 Å². The molecule has 0 saturated heterocycles. The normalized spacial score (nSPS) is 13.1. The summed E-state index contributed by atoms with van der Waals surface area (Å²) in [5, 5.41) is 20.3. The molecular weight excluding hydrogens is 513 g/mol. The number of fused-ring (bicyclic) bond motifs is 1. The van der Waals surface area contributed by atoms with E-state index in [1.165, 1.54) is 12.8 Å². The number of rotatable bonds is 6. The minimum atomic E-state index is -5.08. The van der Waals surface area contributed by atoms with Crippen molar-refractivity contribution >= 4 is 28.5 Å². The second kappa shape index (κ2) is 10.5. The van der Waals surface area contributed by atoms with E-state index in [-0.39, 0.29) is 0 Å². The third-order valence-corrected chi connectivity index (χ3v) is 5.93. The van der Waals surface area contributed by atoms with Crippen LogP contribution < -0.4 is 5.32 Å². The van der Waals surface area contributed by atoms with Gasteiger partial charge in [-0.2, -0.15) is 23.4 Å². The predicted molar refractivity (Wildman–Crippen MR) is 137 cm³/mol. The number of carbonyl (C=O) groups is 1. The number of anilines is 2. The van der Waals surface area contributed by atoms with Crippen molar-refractivity contribution in [1.82, 2.24) is 34.5 Å². The van der Waals surface area contributed by atoms with Gasteiger partial charge in [0.25, 0.3) is 0 Å². The molecule has 1 aliphatic rings. The van der Waals surface area contributed by atoms with Crippen LogP contribution in [-0.4, -0.2) is 51.8 Å². The maximum absolute atomic E-state index is 10.6. The Morgan fingerprint density at radius 3 is 2.49 bits per heavy atom. The number of benzene rings is 2. The molecule has 13 heteroatoms. The van der Waals surface area contributed by atoms with E-state index < -0.39 is 12.1 Å². The van der Waals surface area contributed by atoms with Crippen LogP contribution in [-0.2, 0) is 11.3 Å². The number of hydrogen-bond acceptors (Lipinski definition) is 7. The number of carboxylic acid groups (broad SMARTS) is 1. The van der Waals surface area contributed by atoms with Gasteiger partial charge in [0.15, 0.2) is 0 Å². The van der Waals surface area contributed by atoms with Crippen LogP contribution in [0, 0.1) is 12.8 Å². The lowest BCUT2D eigenvalue weighted by Gasteiger charge is -2.09. The highest BCUT2D eigenvalue weighted by atomic mass is 19.4. The first kappa shape index (κ1) is 25.8. The number of aromatic nitrogens is 7. The lowest BCUT2D eigenvalue weighted by atomic mass is 10.1. The second-order valence-corrected chi connectivity index (χ2v) is 9.04. The summed E-state index contributed by atoms with van der Waals surface area (Å²) < 4.78 is 35.5. The topological polar surface area (TPSA) is 124 Å². The summed E-state index contributed by atoms with van der Waals surface area (Å²) in [5.41, 5.74) is 4.90. The Hall–Kier alpha value is -4.81. The molecule has 10 nitrogen and oxygen atoms in total. The molecule has 2 N–H and O–H groups in total. The number of nitrogens with one attached hydrogen (secondary N) is 1. The van der Waals surface area contributed by atoms with Crippen LogP contribution in [0.15, 0.2) is 67.4 Å². The monoisotopic (exact) mass is 536 g/mol. The van der Waals surface area contributed by atoms with Gasteiger partial charge in [0.05, 0.1) is 17.4 Å². The van der Waals surface area contributed by atoms with E-state index >= 15 is 0 Å². The summed E-state index contributed by atoms with van der Waals surface area (Å²) in [6, 6.07) is 14.1. The predicted octanol–water partition coefficient (Wildman–Crippen LogP) is 5.17. The Morgan fingerprint density at radius 1 is 1.10 bits per heavy atom. The van der Waals surface area contributed by atoms with E-state index in [0.717, 1.165) is 51.7 Å². The molecule has 3 aromatic heterocycles. The van der Waals surface area contributed by atoms with Crippen molar-refractivity contribution < 1.29 is 23.1 Å². The smallest absolute Gasteiger partial charge is 0.475 e. The highest BCUT2D eigenvalue weighted by Crippen LogP contribution is 2.32. The molecule has 1 aliphatic carbocycles. The molecule has 3 heterocycles. The Kier molecular flexibility index (Phi) is 6.96. The summed E-state index contributed by atoms with van der Waals surface area (Å²) in [6.45, 7) is 2.87. The first-order valence-electron chi connectivity index (χ1n) is 12.0. The van der Waals surface area contributed by atoms with Crippen LogP contribution in [0.4, 0.5) is 24.8 Å². The second-order valence-electron chi connectivity index (χ2n) is 9.04. The number of aliphatic carboxylic acids is 1.